The summed E-state index contributed by atoms with van der Waals surface area (Å²) in [7, 11) is -4.18. The molecule has 0 bridgehead atoms. The van der Waals surface area contributed by atoms with Gasteiger partial charge < -0.3 is 10.2 Å². The van der Waals surface area contributed by atoms with Crippen molar-refractivity contribution in [1.29, 1.82) is 0 Å². The summed E-state index contributed by atoms with van der Waals surface area (Å²) in [5, 5.41) is 3.49. The molecule has 0 fully saturated rings. The standard InChI is InChI=1S/C28H31Cl2N3O4S/c1-4-20(2)31-28(35)21(3)32(18-22-12-8-9-15-24(22)29)27(34)19-33(26-17-11-10-16-25(26)30)38(36,37)23-13-6-5-7-14-23/h5-17,20-21H,4,18-19H2,1-3H3,(H,31,35)/t20-,21-/m0/s1. The lowest BCUT2D eigenvalue weighted by Gasteiger charge is -2.32. The van der Waals surface area contributed by atoms with Gasteiger partial charge in [0.05, 0.1) is 15.6 Å². The molecular weight excluding hydrogens is 545 g/mol. The highest BCUT2D eigenvalue weighted by Crippen LogP contribution is 2.31. The molecule has 3 rings (SSSR count). The van der Waals surface area contributed by atoms with Crippen LogP contribution in [0.3, 0.4) is 0 Å². The van der Waals surface area contributed by atoms with Crippen LogP contribution in [-0.2, 0) is 26.2 Å². The summed E-state index contributed by atoms with van der Waals surface area (Å²) < 4.78 is 28.5. The Hall–Kier alpha value is -3.07. The lowest BCUT2D eigenvalue weighted by Crippen LogP contribution is -2.52. The van der Waals surface area contributed by atoms with Gasteiger partial charge in [0.2, 0.25) is 11.8 Å². The zero-order valence-electron chi connectivity index (χ0n) is 21.5. The van der Waals surface area contributed by atoms with Crippen LogP contribution < -0.4 is 9.62 Å². The molecule has 3 aromatic rings. The molecule has 1 N–H and O–H groups in total. The monoisotopic (exact) mass is 575 g/mol. The summed E-state index contributed by atoms with van der Waals surface area (Å²) in [5.41, 5.74) is 0.779. The molecule has 0 heterocycles. The van der Waals surface area contributed by atoms with Gasteiger partial charge in [0.25, 0.3) is 10.0 Å². The van der Waals surface area contributed by atoms with Gasteiger partial charge in [-0.1, -0.05) is 78.7 Å². The lowest BCUT2D eigenvalue weighted by molar-refractivity contribution is -0.139. The van der Waals surface area contributed by atoms with Crippen LogP contribution in [0.5, 0.6) is 0 Å². The van der Waals surface area contributed by atoms with E-state index in [9.17, 15) is 18.0 Å². The van der Waals surface area contributed by atoms with Crippen molar-refractivity contribution >= 4 is 50.7 Å². The van der Waals surface area contributed by atoms with Gasteiger partial charge in [-0.25, -0.2) is 8.42 Å². The van der Waals surface area contributed by atoms with Crippen LogP contribution in [0.4, 0.5) is 5.69 Å². The van der Waals surface area contributed by atoms with E-state index in [4.69, 9.17) is 23.2 Å². The van der Waals surface area contributed by atoms with E-state index in [0.29, 0.717) is 17.0 Å². The average molecular weight is 577 g/mol. The van der Waals surface area contributed by atoms with Gasteiger partial charge in [-0.15, -0.1) is 0 Å². The minimum absolute atomic E-state index is 0.00735. The van der Waals surface area contributed by atoms with E-state index in [1.165, 1.54) is 23.1 Å². The van der Waals surface area contributed by atoms with Crippen LogP contribution >= 0.6 is 23.2 Å². The fraction of sp³-hybridized carbons (Fsp3) is 0.286. The van der Waals surface area contributed by atoms with Crippen LogP contribution in [0.1, 0.15) is 32.8 Å². The molecule has 0 unspecified atom stereocenters. The number of carbonyl (C=O) groups is 2. The van der Waals surface area contributed by atoms with Crippen molar-refractivity contribution in [3.8, 4) is 0 Å². The highest BCUT2D eigenvalue weighted by molar-refractivity contribution is 7.92. The number of nitrogens with zero attached hydrogens (tertiary/aromatic N) is 2. The summed E-state index contributed by atoms with van der Waals surface area (Å²) >= 11 is 12.8. The minimum atomic E-state index is -4.18. The van der Waals surface area contributed by atoms with Crippen LogP contribution in [0, 0.1) is 0 Å². The highest BCUT2D eigenvalue weighted by atomic mass is 35.5. The molecule has 0 aromatic heterocycles. The number of benzene rings is 3. The number of carbonyl (C=O) groups excluding carboxylic acids is 2. The number of amides is 2. The smallest absolute Gasteiger partial charge is 0.264 e. The molecule has 2 atom stereocenters. The quantitative estimate of drug-likeness (QED) is 0.326. The third-order valence-corrected chi connectivity index (χ3v) is 8.66. The van der Waals surface area contributed by atoms with E-state index >= 15 is 0 Å². The first kappa shape index (κ1) is 29.5. The zero-order chi connectivity index (χ0) is 27.9. The first-order chi connectivity index (χ1) is 18.1. The Morgan fingerprint density at radius 1 is 0.868 bits per heavy atom. The Bertz CT molecular complexity index is 1370. The molecule has 0 saturated heterocycles. The lowest BCUT2D eigenvalue weighted by atomic mass is 10.1. The molecule has 0 saturated carbocycles. The van der Waals surface area contributed by atoms with E-state index in [1.54, 1.807) is 67.6 Å². The second-order valence-corrected chi connectivity index (χ2v) is 11.6. The molecule has 202 valence electrons. The number of para-hydroxylation sites is 1. The molecule has 0 spiro atoms. The largest absolute Gasteiger partial charge is 0.352 e. The number of hydrogen-bond acceptors (Lipinski definition) is 4. The third-order valence-electron chi connectivity index (χ3n) is 6.20. The van der Waals surface area contributed by atoms with E-state index in [-0.39, 0.29) is 34.1 Å². The number of rotatable bonds is 11. The van der Waals surface area contributed by atoms with Gasteiger partial charge in [0.1, 0.15) is 12.6 Å². The predicted molar refractivity (Wildman–Crippen MR) is 152 cm³/mol. The van der Waals surface area contributed by atoms with Gasteiger partial charge >= 0.3 is 0 Å². The van der Waals surface area contributed by atoms with E-state index < -0.39 is 28.5 Å². The number of sulfonamides is 1. The van der Waals surface area contributed by atoms with Crippen LogP contribution in [0.2, 0.25) is 10.0 Å². The van der Waals surface area contributed by atoms with Crippen molar-refractivity contribution in [3.63, 3.8) is 0 Å². The van der Waals surface area contributed by atoms with Crippen molar-refractivity contribution < 1.29 is 18.0 Å². The number of anilines is 1. The van der Waals surface area contributed by atoms with Crippen molar-refractivity contribution in [2.45, 2.75) is 50.7 Å². The van der Waals surface area contributed by atoms with Gasteiger partial charge in [-0.2, -0.15) is 0 Å². The summed E-state index contributed by atoms with van der Waals surface area (Å²) in [4.78, 5) is 28.3. The molecule has 0 aliphatic heterocycles. The Kier molecular flexibility index (Phi) is 10.2. The van der Waals surface area contributed by atoms with E-state index in [2.05, 4.69) is 5.32 Å². The molecule has 38 heavy (non-hydrogen) atoms. The van der Waals surface area contributed by atoms with Gasteiger partial charge in [-0.05, 0) is 56.2 Å². The maximum absolute atomic E-state index is 13.9. The normalized spacial score (nSPS) is 12.9. The topological polar surface area (TPSA) is 86.8 Å². The molecule has 0 aliphatic rings. The molecule has 3 aromatic carbocycles. The predicted octanol–water partition coefficient (Wildman–Crippen LogP) is 5.52. The summed E-state index contributed by atoms with van der Waals surface area (Å²) in [6, 6.07) is 20.2. The Morgan fingerprint density at radius 3 is 2.05 bits per heavy atom. The molecule has 0 aliphatic carbocycles. The second-order valence-electron chi connectivity index (χ2n) is 8.88. The van der Waals surface area contributed by atoms with Crippen LogP contribution in [0.15, 0.2) is 83.8 Å². The first-order valence-electron chi connectivity index (χ1n) is 12.2. The fourth-order valence-corrected chi connectivity index (χ4v) is 5.68. The maximum atomic E-state index is 13.9. The summed E-state index contributed by atoms with van der Waals surface area (Å²) in [5.74, 6) is -0.939. The Labute approximate surface area is 234 Å². The van der Waals surface area contributed by atoms with E-state index in [1.807, 2.05) is 13.8 Å². The SMILES string of the molecule is CC[C@H](C)NC(=O)[C@H](C)N(Cc1ccccc1Cl)C(=O)CN(c1ccccc1Cl)S(=O)(=O)c1ccccc1. The first-order valence-corrected chi connectivity index (χ1v) is 14.4. The summed E-state index contributed by atoms with van der Waals surface area (Å²) in [6.07, 6.45) is 0.715. The number of halogens is 2. The third kappa shape index (κ3) is 7.07. The molecule has 7 nitrogen and oxygen atoms in total. The highest BCUT2D eigenvalue weighted by Gasteiger charge is 2.33. The molecular formula is C28H31Cl2N3O4S. The maximum Gasteiger partial charge on any atom is 0.264 e. The van der Waals surface area contributed by atoms with Crippen molar-refractivity contribution in [2.75, 3.05) is 10.8 Å². The zero-order valence-corrected chi connectivity index (χ0v) is 23.8. The molecule has 10 heteroatoms. The van der Waals surface area contributed by atoms with Gasteiger partial charge in [0.15, 0.2) is 0 Å². The molecule has 2 amide bonds. The Balaban J connectivity index is 2.04. The fourth-order valence-electron chi connectivity index (χ4n) is 3.75. The van der Waals surface area contributed by atoms with Crippen LogP contribution in [0.25, 0.3) is 0 Å². The van der Waals surface area contributed by atoms with Crippen molar-refractivity contribution in [3.05, 3.63) is 94.5 Å². The average Bonchev–Trinajstić information content (AvgIpc) is 2.91. The van der Waals surface area contributed by atoms with Gasteiger partial charge in [0, 0.05) is 17.6 Å². The van der Waals surface area contributed by atoms with Gasteiger partial charge in [-0.3, -0.25) is 13.9 Å². The molecule has 0 radical (unpaired) electrons. The number of nitrogens with one attached hydrogen (secondary N) is 1. The van der Waals surface area contributed by atoms with Crippen LogP contribution in [-0.4, -0.2) is 43.8 Å². The summed E-state index contributed by atoms with van der Waals surface area (Å²) in [6.45, 7) is 4.86. The second kappa shape index (κ2) is 13.1. The number of hydrogen-bond donors (Lipinski definition) is 1. The minimum Gasteiger partial charge on any atom is -0.352 e. The van der Waals surface area contributed by atoms with E-state index in [0.717, 1.165) is 4.31 Å². The van der Waals surface area contributed by atoms with Crippen molar-refractivity contribution in [1.82, 2.24) is 10.2 Å². The Morgan fingerprint density at radius 2 is 1.45 bits per heavy atom. The van der Waals surface area contributed by atoms with Crippen molar-refractivity contribution in [2.24, 2.45) is 0 Å².